The fourth-order valence-electron chi connectivity index (χ4n) is 0.613. The summed E-state index contributed by atoms with van der Waals surface area (Å²) in [6, 6.07) is -0.0926. The van der Waals surface area contributed by atoms with Crippen molar-refractivity contribution >= 4 is 17.6 Å². The lowest BCUT2D eigenvalue weighted by molar-refractivity contribution is 0.226. The molecule has 3 nitrogen and oxygen atoms in total. The van der Waals surface area contributed by atoms with Crippen LogP contribution in [0.4, 0.5) is 4.79 Å². The number of amides is 2. The quantitative estimate of drug-likeness (QED) is 0.373. The van der Waals surface area contributed by atoms with Gasteiger partial charge in [0.2, 0.25) is 0 Å². The van der Waals surface area contributed by atoms with Crippen molar-refractivity contribution in [1.82, 2.24) is 10.2 Å². The number of hydrogen-bond acceptors (Lipinski definition) is 1. The lowest BCUT2D eigenvalue weighted by Crippen LogP contribution is -2.24. The van der Waals surface area contributed by atoms with E-state index in [1.807, 2.05) is 0 Å². The molecule has 1 aliphatic rings. The second kappa shape index (κ2) is 1.82. The van der Waals surface area contributed by atoms with Gasteiger partial charge in [-0.25, -0.2) is 4.79 Å². The average molecular weight is 135 g/mol. The summed E-state index contributed by atoms with van der Waals surface area (Å²) in [4.78, 5) is 12.1. The molecule has 2 amide bonds. The van der Waals surface area contributed by atoms with Crippen LogP contribution in [0.3, 0.4) is 0 Å². The number of likely N-dealkylation sites (N-methyl/N-ethyl adjacent to an activating group) is 1. The minimum Gasteiger partial charge on any atom is -0.325 e. The van der Waals surface area contributed by atoms with Crippen LogP contribution in [-0.4, -0.2) is 30.0 Å². The first-order valence-corrected chi connectivity index (χ1v) is 2.79. The molecule has 0 aromatic carbocycles. The van der Waals surface area contributed by atoms with Gasteiger partial charge in [-0.05, 0) is 0 Å². The largest absolute Gasteiger partial charge is 0.325 e. The number of halogens is 1. The highest BCUT2D eigenvalue weighted by molar-refractivity contribution is 6.22. The van der Waals surface area contributed by atoms with E-state index in [-0.39, 0.29) is 11.5 Å². The normalized spacial score (nSPS) is 28.5. The van der Waals surface area contributed by atoms with Gasteiger partial charge < -0.3 is 10.2 Å². The van der Waals surface area contributed by atoms with E-state index in [2.05, 4.69) is 5.32 Å². The molecule has 4 heteroatoms. The molecule has 46 valence electrons. The van der Waals surface area contributed by atoms with Gasteiger partial charge in [0.05, 0.1) is 6.54 Å². The highest BCUT2D eigenvalue weighted by Gasteiger charge is 2.22. The predicted molar refractivity (Wildman–Crippen MR) is 30.8 cm³/mol. The lowest BCUT2D eigenvalue weighted by Gasteiger charge is -2.01. The maximum atomic E-state index is 10.5. The third kappa shape index (κ3) is 0.865. The lowest BCUT2D eigenvalue weighted by atomic mass is 10.6. The first kappa shape index (κ1) is 5.69. The number of carbonyl (C=O) groups is 1. The van der Waals surface area contributed by atoms with E-state index in [1.165, 1.54) is 4.90 Å². The van der Waals surface area contributed by atoms with E-state index in [0.29, 0.717) is 6.54 Å². The van der Waals surface area contributed by atoms with Crippen molar-refractivity contribution in [2.75, 3.05) is 13.6 Å². The van der Waals surface area contributed by atoms with E-state index >= 15 is 0 Å². The Balaban J connectivity index is 2.51. The molecule has 1 saturated heterocycles. The van der Waals surface area contributed by atoms with Crippen LogP contribution in [0.2, 0.25) is 0 Å². The number of rotatable bonds is 0. The summed E-state index contributed by atoms with van der Waals surface area (Å²) in [6.45, 7) is 0.598. The summed E-state index contributed by atoms with van der Waals surface area (Å²) in [5, 5.41) is 2.52. The first-order valence-electron chi connectivity index (χ1n) is 2.36. The Morgan fingerprint density at radius 2 is 2.62 bits per heavy atom. The molecule has 1 rings (SSSR count). The summed E-state index contributed by atoms with van der Waals surface area (Å²) >= 11 is 5.53. The first-order chi connectivity index (χ1) is 3.70. The van der Waals surface area contributed by atoms with Gasteiger partial charge >= 0.3 is 6.03 Å². The number of urea groups is 1. The summed E-state index contributed by atoms with van der Waals surface area (Å²) in [6.07, 6.45) is 0. The van der Waals surface area contributed by atoms with Crippen LogP contribution in [0.15, 0.2) is 0 Å². The molecule has 1 heterocycles. The molecule has 0 bridgehead atoms. The zero-order chi connectivity index (χ0) is 6.15. The molecule has 8 heavy (non-hydrogen) atoms. The zero-order valence-corrected chi connectivity index (χ0v) is 5.27. The molecule has 1 N–H and O–H groups in total. The fraction of sp³-hybridized carbons (Fsp3) is 0.750. The Kier molecular flexibility index (Phi) is 1.29. The SMILES string of the molecule is CN1CC(Cl)NC1=O. The summed E-state index contributed by atoms with van der Waals surface area (Å²) in [7, 11) is 1.71. The zero-order valence-electron chi connectivity index (χ0n) is 4.52. The van der Waals surface area contributed by atoms with Crippen molar-refractivity contribution in [3.8, 4) is 0 Å². The third-order valence-electron chi connectivity index (χ3n) is 1.06. The molecule has 0 aromatic rings. The molecule has 1 atom stereocenters. The summed E-state index contributed by atoms with van der Waals surface area (Å²) < 4.78 is 0. The predicted octanol–water partition coefficient (Wildman–Crippen LogP) is 0.206. The van der Waals surface area contributed by atoms with Gasteiger partial charge in [-0.15, -0.1) is 0 Å². The minimum atomic E-state index is -0.201. The van der Waals surface area contributed by atoms with Gasteiger partial charge in [0.25, 0.3) is 0 Å². The molecule has 0 aromatic heterocycles. The molecule has 0 spiro atoms. The molecule has 0 radical (unpaired) electrons. The topological polar surface area (TPSA) is 32.3 Å². The summed E-state index contributed by atoms with van der Waals surface area (Å²) in [5.74, 6) is 0. The Morgan fingerprint density at radius 3 is 2.75 bits per heavy atom. The third-order valence-corrected chi connectivity index (χ3v) is 1.31. The van der Waals surface area contributed by atoms with Crippen LogP contribution in [0.1, 0.15) is 0 Å². The second-order valence-corrected chi connectivity index (χ2v) is 2.32. The number of alkyl halides is 1. The Labute approximate surface area is 52.6 Å². The number of carbonyl (C=O) groups excluding carboxylic acids is 1. The van der Waals surface area contributed by atoms with Crippen LogP contribution >= 0.6 is 11.6 Å². The Morgan fingerprint density at radius 1 is 2.00 bits per heavy atom. The average Bonchev–Trinajstić information content (AvgIpc) is 1.85. The van der Waals surface area contributed by atoms with Crippen molar-refractivity contribution < 1.29 is 4.79 Å². The molecule has 1 fully saturated rings. The van der Waals surface area contributed by atoms with Gasteiger partial charge in [-0.2, -0.15) is 0 Å². The van der Waals surface area contributed by atoms with E-state index in [1.54, 1.807) is 7.05 Å². The number of hydrogen-bond donors (Lipinski definition) is 1. The van der Waals surface area contributed by atoms with Crippen molar-refractivity contribution in [3.05, 3.63) is 0 Å². The molecule has 0 saturated carbocycles. The van der Waals surface area contributed by atoms with Crippen molar-refractivity contribution in [2.24, 2.45) is 0 Å². The van der Waals surface area contributed by atoms with Crippen molar-refractivity contribution in [2.45, 2.75) is 5.50 Å². The van der Waals surface area contributed by atoms with Crippen LogP contribution in [0.25, 0.3) is 0 Å². The number of nitrogens with one attached hydrogen (secondary N) is 1. The highest BCUT2D eigenvalue weighted by atomic mass is 35.5. The maximum Gasteiger partial charge on any atom is 0.318 e. The number of nitrogens with zero attached hydrogens (tertiary/aromatic N) is 1. The second-order valence-electron chi connectivity index (χ2n) is 1.80. The van der Waals surface area contributed by atoms with E-state index in [4.69, 9.17) is 11.6 Å². The van der Waals surface area contributed by atoms with Crippen LogP contribution in [0, 0.1) is 0 Å². The van der Waals surface area contributed by atoms with Gasteiger partial charge in [0.15, 0.2) is 0 Å². The Hall–Kier alpha value is -0.440. The van der Waals surface area contributed by atoms with Crippen LogP contribution in [-0.2, 0) is 0 Å². The maximum absolute atomic E-state index is 10.5. The smallest absolute Gasteiger partial charge is 0.318 e. The molecule has 1 aliphatic heterocycles. The standard InChI is InChI=1S/C4H7ClN2O/c1-7-2-3(5)6-4(7)8/h3H,2H2,1H3,(H,6,8). The monoisotopic (exact) mass is 134 g/mol. The van der Waals surface area contributed by atoms with E-state index in [0.717, 1.165) is 0 Å². The van der Waals surface area contributed by atoms with Gasteiger partial charge in [0.1, 0.15) is 5.50 Å². The Bertz CT molecular complexity index is 117. The van der Waals surface area contributed by atoms with Crippen molar-refractivity contribution in [1.29, 1.82) is 0 Å². The van der Waals surface area contributed by atoms with Crippen LogP contribution in [0.5, 0.6) is 0 Å². The molecular formula is C4H7ClN2O. The fourth-order valence-corrected chi connectivity index (χ4v) is 0.914. The minimum absolute atomic E-state index is 0.0926. The highest BCUT2D eigenvalue weighted by Crippen LogP contribution is 2.02. The summed E-state index contributed by atoms with van der Waals surface area (Å²) in [5.41, 5.74) is -0.201. The van der Waals surface area contributed by atoms with Gasteiger partial charge in [-0.1, -0.05) is 11.6 Å². The molecule has 0 aliphatic carbocycles. The van der Waals surface area contributed by atoms with Gasteiger partial charge in [0, 0.05) is 7.05 Å². The van der Waals surface area contributed by atoms with Crippen molar-refractivity contribution in [3.63, 3.8) is 0 Å². The van der Waals surface area contributed by atoms with E-state index < -0.39 is 0 Å². The molecular weight excluding hydrogens is 128 g/mol. The van der Waals surface area contributed by atoms with E-state index in [9.17, 15) is 4.79 Å². The van der Waals surface area contributed by atoms with Gasteiger partial charge in [-0.3, -0.25) is 0 Å². The van der Waals surface area contributed by atoms with Crippen LogP contribution < -0.4 is 5.32 Å². The molecule has 1 unspecified atom stereocenters.